The molecule has 0 spiro atoms. The molecule has 0 saturated carbocycles. The van der Waals surface area contributed by atoms with Crippen molar-refractivity contribution in [2.45, 2.75) is 85.1 Å². The van der Waals surface area contributed by atoms with Crippen molar-refractivity contribution in [3.63, 3.8) is 0 Å². The molecule has 0 bridgehead atoms. The standard InChI is InChI=1S/C43H46O4/c1-26-14-27(2)19-35(18-26)42(44,36-20-28(3)15-29(4)21-36)39-40(47-41(46-39)34-12-10-9-11-13-34)43(45,37-22-30(5)16-31(6)23-37)38-24-32(7)17-33(8)25-38/h9-25,39-41,44-45H,1-8H3/t39-,40-/m1/s1. The lowest BCUT2D eigenvalue weighted by Gasteiger charge is -2.43. The molecule has 1 heterocycles. The molecule has 0 amide bonds. The first-order valence-electron chi connectivity index (χ1n) is 16.4. The minimum absolute atomic E-state index is 0.690. The molecule has 4 nitrogen and oxygen atoms in total. The zero-order chi connectivity index (χ0) is 33.7. The zero-order valence-corrected chi connectivity index (χ0v) is 28.8. The van der Waals surface area contributed by atoms with Gasteiger partial charge in [0.05, 0.1) is 0 Å². The lowest BCUT2D eigenvalue weighted by molar-refractivity contribution is -0.110. The first-order chi connectivity index (χ1) is 22.3. The number of benzene rings is 5. The predicted molar refractivity (Wildman–Crippen MR) is 189 cm³/mol. The SMILES string of the molecule is Cc1cc(C)cc(C(O)(c2cc(C)cc(C)c2)[C@@H]2OC(c3ccccc3)O[C@H]2C(O)(c2cc(C)cc(C)c2)c2cc(C)cc(C)c2)c1. The van der Waals surface area contributed by atoms with Crippen molar-refractivity contribution in [3.8, 4) is 0 Å². The van der Waals surface area contributed by atoms with Crippen LogP contribution in [0.3, 0.4) is 0 Å². The van der Waals surface area contributed by atoms with Crippen LogP contribution in [0.25, 0.3) is 0 Å². The summed E-state index contributed by atoms with van der Waals surface area (Å²) in [7, 11) is 0. The predicted octanol–water partition coefficient (Wildman–Crippen LogP) is 8.81. The summed E-state index contributed by atoms with van der Waals surface area (Å²) in [5.74, 6) is 0. The van der Waals surface area contributed by atoms with Crippen molar-refractivity contribution < 1.29 is 19.7 Å². The highest BCUT2D eigenvalue weighted by atomic mass is 16.7. The van der Waals surface area contributed by atoms with E-state index in [1.54, 1.807) is 0 Å². The molecule has 47 heavy (non-hydrogen) atoms. The number of aliphatic hydroxyl groups is 2. The normalized spacial score (nSPS) is 17.3. The van der Waals surface area contributed by atoms with Crippen molar-refractivity contribution >= 4 is 0 Å². The number of ether oxygens (including phenoxy) is 2. The average molecular weight is 627 g/mol. The molecule has 1 aliphatic heterocycles. The third kappa shape index (κ3) is 6.19. The highest BCUT2D eigenvalue weighted by Gasteiger charge is 2.60. The van der Waals surface area contributed by atoms with Crippen molar-refractivity contribution in [1.82, 2.24) is 0 Å². The maximum atomic E-state index is 13.5. The molecule has 0 aliphatic carbocycles. The fraction of sp³-hybridized carbons (Fsp3) is 0.302. The van der Waals surface area contributed by atoms with E-state index in [4.69, 9.17) is 9.47 Å². The zero-order valence-electron chi connectivity index (χ0n) is 28.8. The first kappa shape index (κ1) is 32.9. The molecule has 1 fully saturated rings. The second kappa shape index (κ2) is 12.5. The largest absolute Gasteiger partial charge is 0.378 e. The Labute approximate surface area is 279 Å². The summed E-state index contributed by atoms with van der Waals surface area (Å²) >= 11 is 0. The smallest absolute Gasteiger partial charge is 0.185 e. The van der Waals surface area contributed by atoms with Crippen LogP contribution in [-0.2, 0) is 20.7 Å². The minimum atomic E-state index is -1.70. The average Bonchev–Trinajstić information content (AvgIpc) is 3.45. The molecule has 1 saturated heterocycles. The monoisotopic (exact) mass is 626 g/mol. The minimum Gasteiger partial charge on any atom is -0.378 e. The Hall–Kier alpha value is -4.06. The van der Waals surface area contributed by atoms with Crippen LogP contribution in [0.1, 0.15) is 78.6 Å². The van der Waals surface area contributed by atoms with E-state index < -0.39 is 29.7 Å². The topological polar surface area (TPSA) is 58.9 Å². The maximum absolute atomic E-state index is 13.5. The van der Waals surface area contributed by atoms with Gasteiger partial charge in [0.1, 0.15) is 23.4 Å². The second-order valence-corrected chi connectivity index (χ2v) is 13.9. The fourth-order valence-electron chi connectivity index (χ4n) is 7.61. The highest BCUT2D eigenvalue weighted by Crippen LogP contribution is 2.51. The summed E-state index contributed by atoms with van der Waals surface area (Å²) < 4.78 is 13.9. The van der Waals surface area contributed by atoms with Gasteiger partial charge in [0.25, 0.3) is 0 Å². The van der Waals surface area contributed by atoms with Gasteiger partial charge in [0, 0.05) is 5.56 Å². The molecule has 5 aromatic rings. The lowest BCUT2D eigenvalue weighted by Crippen LogP contribution is -2.55. The van der Waals surface area contributed by atoms with Crippen LogP contribution in [0.15, 0.2) is 103 Å². The molecule has 242 valence electrons. The summed E-state index contributed by atoms with van der Waals surface area (Å²) in [4.78, 5) is 0. The molecule has 1 aliphatic rings. The molecule has 2 N–H and O–H groups in total. The summed E-state index contributed by atoms with van der Waals surface area (Å²) in [5.41, 5.74) is 8.37. The van der Waals surface area contributed by atoms with Crippen molar-refractivity contribution in [1.29, 1.82) is 0 Å². The second-order valence-electron chi connectivity index (χ2n) is 13.9. The quantitative estimate of drug-likeness (QED) is 0.190. The molecular formula is C43H46O4. The van der Waals surface area contributed by atoms with Crippen LogP contribution in [0.2, 0.25) is 0 Å². The van der Waals surface area contributed by atoms with Gasteiger partial charge in [-0.3, -0.25) is 0 Å². The Balaban J connectivity index is 1.69. The Morgan fingerprint density at radius 2 is 0.660 bits per heavy atom. The lowest BCUT2D eigenvalue weighted by atomic mass is 9.70. The van der Waals surface area contributed by atoms with Gasteiger partial charge in [-0.25, -0.2) is 0 Å². The summed E-state index contributed by atoms with van der Waals surface area (Å²) in [5, 5.41) is 27.1. The van der Waals surface area contributed by atoms with Gasteiger partial charge in [-0.1, -0.05) is 148 Å². The summed E-state index contributed by atoms with van der Waals surface area (Å²) in [6.07, 6.45) is -2.89. The molecule has 2 atom stereocenters. The first-order valence-corrected chi connectivity index (χ1v) is 16.4. The van der Waals surface area contributed by atoms with Gasteiger partial charge in [-0.05, 0) is 77.6 Å². The van der Waals surface area contributed by atoms with Crippen molar-refractivity contribution in [2.24, 2.45) is 0 Å². The van der Waals surface area contributed by atoms with Gasteiger partial charge in [-0.15, -0.1) is 0 Å². The Morgan fingerprint density at radius 3 is 0.915 bits per heavy atom. The fourth-order valence-corrected chi connectivity index (χ4v) is 7.61. The van der Waals surface area contributed by atoms with E-state index in [9.17, 15) is 10.2 Å². The van der Waals surface area contributed by atoms with Crippen LogP contribution in [-0.4, -0.2) is 22.4 Å². The number of rotatable bonds is 7. The van der Waals surface area contributed by atoms with E-state index in [1.165, 1.54) is 0 Å². The third-order valence-corrected chi connectivity index (χ3v) is 9.36. The van der Waals surface area contributed by atoms with E-state index in [0.717, 1.165) is 50.1 Å². The van der Waals surface area contributed by atoms with E-state index >= 15 is 0 Å². The van der Waals surface area contributed by atoms with Gasteiger partial charge >= 0.3 is 0 Å². The third-order valence-electron chi connectivity index (χ3n) is 9.36. The Bertz CT molecular complexity index is 1620. The van der Waals surface area contributed by atoms with Crippen LogP contribution < -0.4 is 0 Å². The van der Waals surface area contributed by atoms with Gasteiger partial charge in [-0.2, -0.15) is 0 Å². The molecule has 0 unspecified atom stereocenters. The molecular weight excluding hydrogens is 580 g/mol. The van der Waals surface area contributed by atoms with E-state index in [-0.39, 0.29) is 0 Å². The van der Waals surface area contributed by atoms with Gasteiger partial charge in [0.15, 0.2) is 6.29 Å². The number of hydrogen-bond donors (Lipinski definition) is 2. The Morgan fingerprint density at radius 1 is 0.404 bits per heavy atom. The molecule has 0 aromatic heterocycles. The number of hydrogen-bond acceptors (Lipinski definition) is 4. The molecule has 0 radical (unpaired) electrons. The van der Waals surface area contributed by atoms with Crippen molar-refractivity contribution in [2.75, 3.05) is 0 Å². The summed E-state index contributed by atoms with van der Waals surface area (Å²) in [6, 6.07) is 34.3. The van der Waals surface area contributed by atoms with E-state index in [1.807, 2.05) is 134 Å². The van der Waals surface area contributed by atoms with Crippen LogP contribution in [0.4, 0.5) is 0 Å². The summed E-state index contributed by atoms with van der Waals surface area (Å²) in [6.45, 7) is 16.3. The molecule has 5 aromatic carbocycles. The van der Waals surface area contributed by atoms with Gasteiger partial charge in [0.2, 0.25) is 0 Å². The number of aryl methyl sites for hydroxylation is 8. The van der Waals surface area contributed by atoms with E-state index in [2.05, 4.69) is 24.3 Å². The van der Waals surface area contributed by atoms with Crippen molar-refractivity contribution in [3.05, 3.63) is 175 Å². The molecule has 4 heteroatoms. The Kier molecular flexibility index (Phi) is 8.75. The maximum Gasteiger partial charge on any atom is 0.185 e. The van der Waals surface area contributed by atoms with E-state index in [0.29, 0.717) is 22.3 Å². The van der Waals surface area contributed by atoms with Gasteiger partial charge < -0.3 is 19.7 Å². The highest BCUT2D eigenvalue weighted by molar-refractivity contribution is 5.49. The van der Waals surface area contributed by atoms with Crippen LogP contribution in [0.5, 0.6) is 0 Å². The van der Waals surface area contributed by atoms with Crippen LogP contribution in [0, 0.1) is 55.4 Å². The molecule has 6 rings (SSSR count). The van der Waals surface area contributed by atoms with Crippen LogP contribution >= 0.6 is 0 Å².